The fourth-order valence-corrected chi connectivity index (χ4v) is 2.11. The lowest BCUT2D eigenvalue weighted by atomic mass is 10.2. The summed E-state index contributed by atoms with van der Waals surface area (Å²) in [5.74, 6) is 0.500. The zero-order valence-electron chi connectivity index (χ0n) is 11.0. The maximum atomic E-state index is 11.8. The van der Waals surface area contributed by atoms with Crippen molar-refractivity contribution < 1.29 is 9.32 Å². The van der Waals surface area contributed by atoms with Crippen LogP contribution < -0.4 is 5.32 Å². The minimum atomic E-state index is -0.0887. The highest BCUT2D eigenvalue weighted by Crippen LogP contribution is 2.13. The Kier molecular flexibility index (Phi) is 3.83. The van der Waals surface area contributed by atoms with Crippen LogP contribution in [0.1, 0.15) is 17.9 Å². The van der Waals surface area contributed by atoms with Gasteiger partial charge in [0.15, 0.2) is 10.8 Å². The summed E-state index contributed by atoms with van der Waals surface area (Å²) in [5.41, 5.74) is 1.47. The van der Waals surface area contributed by atoms with E-state index in [-0.39, 0.29) is 5.91 Å². The summed E-state index contributed by atoms with van der Waals surface area (Å²) in [6, 6.07) is 5.34. The van der Waals surface area contributed by atoms with Crippen LogP contribution in [0.2, 0.25) is 5.15 Å². The first kappa shape index (κ1) is 13.6. The molecule has 0 atom stereocenters. The van der Waals surface area contributed by atoms with Gasteiger partial charge < -0.3 is 9.84 Å². The Balaban J connectivity index is 1.54. The number of hydrogen-bond donors (Lipinski definition) is 2. The van der Waals surface area contributed by atoms with Crippen LogP contribution in [0.15, 0.2) is 28.9 Å². The lowest BCUT2D eigenvalue weighted by molar-refractivity contribution is -0.121. The first-order valence-electron chi connectivity index (χ1n) is 6.38. The Morgan fingerprint density at radius 2 is 2.38 bits per heavy atom. The molecule has 0 spiro atoms. The lowest BCUT2D eigenvalue weighted by Crippen LogP contribution is -2.23. The predicted molar refractivity (Wildman–Crippen MR) is 75.6 cm³/mol. The van der Waals surface area contributed by atoms with Crippen LogP contribution >= 0.6 is 11.6 Å². The van der Waals surface area contributed by atoms with Gasteiger partial charge in [-0.25, -0.2) is 4.98 Å². The van der Waals surface area contributed by atoms with Gasteiger partial charge in [0.25, 0.3) is 0 Å². The molecule has 3 aromatic rings. The van der Waals surface area contributed by atoms with Crippen molar-refractivity contribution >= 4 is 28.5 Å². The van der Waals surface area contributed by atoms with E-state index in [1.54, 1.807) is 12.3 Å². The topological polar surface area (TPSA) is 96.7 Å². The van der Waals surface area contributed by atoms with Gasteiger partial charge in [0.05, 0.1) is 12.2 Å². The Morgan fingerprint density at radius 3 is 3.19 bits per heavy atom. The molecular weight excluding hydrogens is 294 g/mol. The van der Waals surface area contributed by atoms with Gasteiger partial charge in [-0.2, -0.15) is 5.10 Å². The van der Waals surface area contributed by atoms with Gasteiger partial charge in [0, 0.05) is 30.5 Å². The number of carbonyl (C=O) groups is 1. The number of hydrogen-bond acceptors (Lipinski definition) is 5. The van der Waals surface area contributed by atoms with Crippen molar-refractivity contribution in [3.63, 3.8) is 0 Å². The number of nitrogens with one attached hydrogen (secondary N) is 2. The first-order chi connectivity index (χ1) is 10.2. The predicted octanol–water partition coefficient (Wildman–Crippen LogP) is 1.85. The number of carbonyl (C=O) groups excluding carboxylic acids is 1. The first-order valence-corrected chi connectivity index (χ1v) is 6.76. The monoisotopic (exact) mass is 305 g/mol. The Bertz CT molecular complexity index is 767. The van der Waals surface area contributed by atoms with Crippen molar-refractivity contribution in [3.05, 3.63) is 41.0 Å². The van der Waals surface area contributed by atoms with E-state index in [4.69, 9.17) is 16.1 Å². The standard InChI is InChI=1S/C13H12ClN5O2/c14-11-6-8(21-19-11)3-4-12(20)16-7-10-9-2-1-5-15-13(9)18-17-10/h1-2,5-6H,3-4,7H2,(H,16,20)(H,15,17,18). The molecule has 108 valence electrons. The molecule has 1 amide bonds. The lowest BCUT2D eigenvalue weighted by Gasteiger charge is -2.02. The van der Waals surface area contributed by atoms with Gasteiger partial charge in [0.2, 0.25) is 5.91 Å². The highest BCUT2D eigenvalue weighted by atomic mass is 35.5. The van der Waals surface area contributed by atoms with E-state index in [2.05, 4.69) is 25.7 Å². The van der Waals surface area contributed by atoms with Crippen LogP contribution in [0.25, 0.3) is 11.0 Å². The van der Waals surface area contributed by atoms with Crippen molar-refractivity contribution in [3.8, 4) is 0 Å². The van der Waals surface area contributed by atoms with Crippen molar-refractivity contribution in [2.45, 2.75) is 19.4 Å². The summed E-state index contributed by atoms with van der Waals surface area (Å²) in [4.78, 5) is 15.9. The minimum Gasteiger partial charge on any atom is -0.360 e. The van der Waals surface area contributed by atoms with Crippen molar-refractivity contribution in [2.24, 2.45) is 0 Å². The second kappa shape index (κ2) is 5.92. The summed E-state index contributed by atoms with van der Waals surface area (Å²) in [6.45, 7) is 0.373. The fraction of sp³-hybridized carbons (Fsp3) is 0.231. The van der Waals surface area contributed by atoms with E-state index in [9.17, 15) is 4.79 Å². The molecule has 21 heavy (non-hydrogen) atoms. The number of pyridine rings is 1. The minimum absolute atomic E-state index is 0.0887. The number of aromatic amines is 1. The van der Waals surface area contributed by atoms with Gasteiger partial charge in [-0.3, -0.25) is 9.89 Å². The largest absolute Gasteiger partial charge is 0.360 e. The molecule has 0 aromatic carbocycles. The number of aryl methyl sites for hydroxylation is 1. The molecule has 0 fully saturated rings. The molecule has 7 nitrogen and oxygen atoms in total. The van der Waals surface area contributed by atoms with Crippen LogP contribution in [0.5, 0.6) is 0 Å². The highest BCUT2D eigenvalue weighted by molar-refractivity contribution is 6.29. The van der Waals surface area contributed by atoms with Crippen molar-refractivity contribution in [1.82, 2.24) is 25.7 Å². The van der Waals surface area contributed by atoms with E-state index in [1.807, 2.05) is 12.1 Å². The van der Waals surface area contributed by atoms with E-state index in [1.165, 1.54) is 0 Å². The number of nitrogens with zero attached hydrogens (tertiary/aromatic N) is 3. The summed E-state index contributed by atoms with van der Waals surface area (Å²) in [6.07, 6.45) is 2.43. The maximum Gasteiger partial charge on any atom is 0.220 e. The van der Waals surface area contributed by atoms with Gasteiger partial charge in [-0.05, 0) is 12.1 Å². The number of amides is 1. The third-order valence-corrected chi connectivity index (χ3v) is 3.18. The molecule has 3 rings (SSSR count). The molecule has 0 bridgehead atoms. The van der Waals surface area contributed by atoms with Crippen LogP contribution in [-0.2, 0) is 17.8 Å². The fourth-order valence-electron chi connectivity index (χ4n) is 1.95. The molecule has 0 saturated carbocycles. The molecule has 0 radical (unpaired) electrons. The Morgan fingerprint density at radius 1 is 1.48 bits per heavy atom. The smallest absolute Gasteiger partial charge is 0.220 e. The number of rotatable bonds is 5. The Hall–Kier alpha value is -2.41. The Labute approximate surface area is 124 Å². The van der Waals surface area contributed by atoms with Gasteiger partial charge in [-0.1, -0.05) is 16.8 Å². The third kappa shape index (κ3) is 3.19. The van der Waals surface area contributed by atoms with E-state index in [0.29, 0.717) is 35.9 Å². The van der Waals surface area contributed by atoms with Crippen LogP contribution in [0.4, 0.5) is 0 Å². The van der Waals surface area contributed by atoms with Crippen LogP contribution in [0.3, 0.4) is 0 Å². The zero-order chi connectivity index (χ0) is 14.7. The molecule has 0 aliphatic rings. The van der Waals surface area contributed by atoms with Crippen LogP contribution in [0, 0.1) is 0 Å². The van der Waals surface area contributed by atoms with Gasteiger partial charge >= 0.3 is 0 Å². The maximum absolute atomic E-state index is 11.8. The molecule has 2 N–H and O–H groups in total. The second-order valence-electron chi connectivity index (χ2n) is 4.47. The number of aromatic nitrogens is 4. The summed E-state index contributed by atoms with van der Waals surface area (Å²) >= 11 is 5.64. The molecule has 0 aliphatic heterocycles. The normalized spacial score (nSPS) is 10.9. The average molecular weight is 306 g/mol. The van der Waals surface area contributed by atoms with Gasteiger partial charge in [0.1, 0.15) is 5.76 Å². The third-order valence-electron chi connectivity index (χ3n) is 3.00. The number of fused-ring (bicyclic) bond motifs is 1. The number of halogens is 1. The molecule has 8 heteroatoms. The molecule has 3 heterocycles. The molecule has 0 unspecified atom stereocenters. The van der Waals surface area contributed by atoms with Crippen molar-refractivity contribution in [2.75, 3.05) is 0 Å². The number of H-pyrrole nitrogens is 1. The second-order valence-corrected chi connectivity index (χ2v) is 4.86. The van der Waals surface area contributed by atoms with E-state index in [0.717, 1.165) is 11.1 Å². The quantitative estimate of drug-likeness (QED) is 0.750. The van der Waals surface area contributed by atoms with E-state index >= 15 is 0 Å². The summed E-state index contributed by atoms with van der Waals surface area (Å²) < 4.78 is 4.94. The summed E-state index contributed by atoms with van der Waals surface area (Å²) in [7, 11) is 0. The molecular formula is C13H12ClN5O2. The average Bonchev–Trinajstić information content (AvgIpc) is 3.09. The summed E-state index contributed by atoms with van der Waals surface area (Å²) in [5, 5.41) is 14.5. The van der Waals surface area contributed by atoms with Crippen LogP contribution in [-0.4, -0.2) is 26.2 Å². The molecule has 3 aromatic heterocycles. The zero-order valence-corrected chi connectivity index (χ0v) is 11.7. The molecule has 0 aliphatic carbocycles. The molecule has 0 saturated heterocycles. The van der Waals surface area contributed by atoms with Crippen molar-refractivity contribution in [1.29, 1.82) is 0 Å². The highest BCUT2D eigenvalue weighted by Gasteiger charge is 2.09. The van der Waals surface area contributed by atoms with E-state index < -0.39 is 0 Å². The van der Waals surface area contributed by atoms with Gasteiger partial charge in [-0.15, -0.1) is 0 Å². The SMILES string of the molecule is O=C(CCc1cc(Cl)no1)NCc1[nH]nc2ncccc12.